The fourth-order valence-electron chi connectivity index (χ4n) is 4.07. The Bertz CT molecular complexity index is 1120. The van der Waals surface area contributed by atoms with Gasteiger partial charge in [-0.25, -0.2) is 0 Å². The number of aromatic nitrogens is 4. The van der Waals surface area contributed by atoms with Gasteiger partial charge in [0.1, 0.15) is 0 Å². The predicted octanol–water partition coefficient (Wildman–Crippen LogP) is 4.51. The maximum atomic E-state index is 13.0. The van der Waals surface area contributed by atoms with Gasteiger partial charge in [-0.3, -0.25) is 9.59 Å². The number of rotatable bonds is 12. The highest BCUT2D eigenvalue weighted by molar-refractivity contribution is 7.81. The third-order valence-electron chi connectivity index (χ3n) is 6.02. The number of nitrogens with zero attached hydrogens (tertiary/aromatic N) is 4. The number of nitrogens with one attached hydrogen (secondary N) is 2. The topological polar surface area (TPSA) is 104 Å². The Labute approximate surface area is 218 Å². The first kappa shape index (κ1) is 27.4. The van der Waals surface area contributed by atoms with Gasteiger partial charge in [0, 0.05) is 31.1 Å². The molecule has 0 aliphatic carbocycles. The molecule has 0 spiro atoms. The van der Waals surface area contributed by atoms with Crippen LogP contribution >= 0.6 is 12.6 Å². The maximum absolute atomic E-state index is 13.0. The van der Waals surface area contributed by atoms with E-state index < -0.39 is 0 Å². The van der Waals surface area contributed by atoms with Gasteiger partial charge in [-0.15, -0.1) is 10.2 Å². The molecule has 192 valence electrons. The number of hydrogen-bond acceptors (Lipinski definition) is 6. The van der Waals surface area contributed by atoms with E-state index in [0.29, 0.717) is 37.7 Å². The quantitative estimate of drug-likeness (QED) is 0.312. The monoisotopic (exact) mass is 508 g/mol. The van der Waals surface area contributed by atoms with Gasteiger partial charge in [0.15, 0.2) is 0 Å². The maximum Gasteiger partial charge on any atom is 0.232 e. The molecular weight excluding hydrogens is 472 g/mol. The van der Waals surface area contributed by atoms with Crippen LogP contribution in [0.3, 0.4) is 0 Å². The van der Waals surface area contributed by atoms with E-state index in [4.69, 9.17) is 0 Å². The minimum Gasteiger partial charge on any atom is -0.353 e. The van der Waals surface area contributed by atoms with Crippen LogP contribution in [0.15, 0.2) is 48.5 Å². The third kappa shape index (κ3) is 7.40. The van der Waals surface area contributed by atoms with Crippen molar-refractivity contribution in [3.8, 4) is 22.5 Å². The van der Waals surface area contributed by atoms with E-state index in [0.717, 1.165) is 28.7 Å². The van der Waals surface area contributed by atoms with Gasteiger partial charge >= 0.3 is 0 Å². The lowest BCUT2D eigenvalue weighted by Crippen LogP contribution is -2.46. The number of tetrazole rings is 1. The highest BCUT2D eigenvalue weighted by Crippen LogP contribution is 2.30. The Kier molecular flexibility index (Phi) is 10.0. The molecule has 0 bridgehead atoms. The van der Waals surface area contributed by atoms with Crippen LogP contribution in [0.25, 0.3) is 22.5 Å². The Hall–Kier alpha value is -3.20. The van der Waals surface area contributed by atoms with Crippen LogP contribution in [0.4, 0.5) is 0 Å². The van der Waals surface area contributed by atoms with Crippen LogP contribution in [-0.4, -0.2) is 55.2 Å². The lowest BCUT2D eigenvalue weighted by atomic mass is 9.98. The van der Waals surface area contributed by atoms with Gasteiger partial charge < -0.3 is 10.2 Å². The molecule has 36 heavy (non-hydrogen) atoms. The van der Waals surface area contributed by atoms with Crippen LogP contribution in [-0.2, 0) is 16.1 Å². The smallest absolute Gasteiger partial charge is 0.232 e. The van der Waals surface area contributed by atoms with Gasteiger partial charge in [-0.05, 0) is 47.6 Å². The molecule has 2 aromatic carbocycles. The van der Waals surface area contributed by atoms with Gasteiger partial charge in [-0.1, -0.05) is 69.3 Å². The second-order valence-electron chi connectivity index (χ2n) is 9.49. The summed E-state index contributed by atoms with van der Waals surface area (Å²) in [6, 6.07) is 15.9. The standard InChI is InChI=1S/C27H36N6O2S/c1-5-8-25(34)33(19(4)16-28-27(35)24(36)15-18(2)3)17-20-11-13-21(14-12-20)22-9-6-7-10-23(22)26-29-31-32-30-26/h6-7,9-14,18-19,24,36H,5,8,15-17H2,1-4H3,(H,28,35)(H,29,30,31,32)/t19-,24?/m0/s1. The molecule has 1 heterocycles. The molecule has 0 aliphatic heterocycles. The summed E-state index contributed by atoms with van der Waals surface area (Å²) < 4.78 is 0. The lowest BCUT2D eigenvalue weighted by molar-refractivity contribution is -0.134. The van der Waals surface area contributed by atoms with Gasteiger partial charge in [-0.2, -0.15) is 17.8 Å². The van der Waals surface area contributed by atoms with Crippen molar-refractivity contribution >= 4 is 24.4 Å². The zero-order chi connectivity index (χ0) is 26.1. The van der Waals surface area contributed by atoms with E-state index in [1.807, 2.05) is 67.3 Å². The number of benzene rings is 2. The number of carbonyl (C=O) groups excluding carboxylic acids is 2. The molecule has 3 rings (SSSR count). The minimum absolute atomic E-state index is 0.0791. The van der Waals surface area contributed by atoms with E-state index in [-0.39, 0.29) is 23.1 Å². The van der Waals surface area contributed by atoms with Crippen molar-refractivity contribution in [1.29, 1.82) is 0 Å². The number of thiol groups is 1. The van der Waals surface area contributed by atoms with Crippen LogP contribution in [0, 0.1) is 5.92 Å². The van der Waals surface area contributed by atoms with Gasteiger partial charge in [0.25, 0.3) is 0 Å². The average Bonchev–Trinajstić information content (AvgIpc) is 3.40. The van der Waals surface area contributed by atoms with Crippen LogP contribution in [0.2, 0.25) is 0 Å². The summed E-state index contributed by atoms with van der Waals surface area (Å²) in [5, 5.41) is 17.0. The third-order valence-corrected chi connectivity index (χ3v) is 6.46. The minimum atomic E-state index is -0.347. The highest BCUT2D eigenvalue weighted by Gasteiger charge is 2.22. The van der Waals surface area contributed by atoms with Crippen LogP contribution < -0.4 is 5.32 Å². The summed E-state index contributed by atoms with van der Waals surface area (Å²) in [7, 11) is 0. The number of hydrogen-bond donors (Lipinski definition) is 3. The molecule has 0 radical (unpaired) electrons. The molecule has 9 heteroatoms. The number of H-pyrrole nitrogens is 1. The molecule has 8 nitrogen and oxygen atoms in total. The SMILES string of the molecule is CCCC(=O)N(Cc1ccc(-c2ccccc2-c2nn[nH]n2)cc1)[C@@H](C)CNC(=O)C(S)CC(C)C. The highest BCUT2D eigenvalue weighted by atomic mass is 32.1. The van der Waals surface area contributed by atoms with Crippen molar-refractivity contribution in [3.63, 3.8) is 0 Å². The van der Waals surface area contributed by atoms with Crippen molar-refractivity contribution in [2.24, 2.45) is 5.92 Å². The van der Waals surface area contributed by atoms with Crippen molar-refractivity contribution in [1.82, 2.24) is 30.8 Å². The molecule has 2 N–H and O–H groups in total. The van der Waals surface area contributed by atoms with E-state index in [1.165, 1.54) is 0 Å². The van der Waals surface area contributed by atoms with Crippen molar-refractivity contribution in [2.45, 2.75) is 64.8 Å². The molecule has 1 unspecified atom stereocenters. The van der Waals surface area contributed by atoms with Gasteiger partial charge in [0.05, 0.1) is 5.25 Å². The summed E-state index contributed by atoms with van der Waals surface area (Å²) in [5.74, 6) is 0.918. The molecular formula is C27H36N6O2S. The zero-order valence-corrected chi connectivity index (χ0v) is 22.3. The van der Waals surface area contributed by atoms with E-state index in [1.54, 1.807) is 0 Å². The second-order valence-corrected chi connectivity index (χ2v) is 10.1. The molecule has 3 aromatic rings. The molecule has 0 aliphatic rings. The van der Waals surface area contributed by atoms with Crippen molar-refractivity contribution in [2.75, 3.05) is 6.54 Å². The second kappa shape index (κ2) is 13.2. The molecule has 2 atom stereocenters. The summed E-state index contributed by atoms with van der Waals surface area (Å²) in [4.78, 5) is 27.2. The first-order valence-electron chi connectivity index (χ1n) is 12.5. The number of amides is 2. The largest absolute Gasteiger partial charge is 0.353 e. The predicted molar refractivity (Wildman–Crippen MR) is 145 cm³/mol. The van der Waals surface area contributed by atoms with Crippen molar-refractivity contribution < 1.29 is 9.59 Å². The lowest BCUT2D eigenvalue weighted by Gasteiger charge is -2.30. The summed E-state index contributed by atoms with van der Waals surface area (Å²) >= 11 is 4.43. The van der Waals surface area contributed by atoms with Crippen molar-refractivity contribution in [3.05, 3.63) is 54.1 Å². The molecule has 0 saturated carbocycles. The number of carbonyl (C=O) groups is 2. The average molecular weight is 509 g/mol. The van der Waals surface area contributed by atoms with Crippen LogP contribution in [0.1, 0.15) is 52.5 Å². The molecule has 0 fully saturated rings. The summed E-state index contributed by atoms with van der Waals surface area (Å²) in [6.45, 7) is 8.96. The fraction of sp³-hybridized carbons (Fsp3) is 0.444. The summed E-state index contributed by atoms with van der Waals surface area (Å²) in [6.07, 6.45) is 1.95. The molecule has 0 saturated heterocycles. The molecule has 2 amide bonds. The number of aromatic amines is 1. The molecule has 1 aromatic heterocycles. The van der Waals surface area contributed by atoms with E-state index in [2.05, 4.69) is 52.4 Å². The summed E-state index contributed by atoms with van der Waals surface area (Å²) in [5.41, 5.74) is 3.94. The Morgan fingerprint density at radius 2 is 1.75 bits per heavy atom. The Morgan fingerprint density at radius 3 is 2.36 bits per heavy atom. The van der Waals surface area contributed by atoms with E-state index >= 15 is 0 Å². The Morgan fingerprint density at radius 1 is 1.06 bits per heavy atom. The van der Waals surface area contributed by atoms with Crippen LogP contribution in [0.5, 0.6) is 0 Å². The van der Waals surface area contributed by atoms with Gasteiger partial charge in [0.2, 0.25) is 17.6 Å². The first-order valence-corrected chi connectivity index (χ1v) is 13.0. The normalized spacial score (nSPS) is 12.8. The van der Waals surface area contributed by atoms with E-state index in [9.17, 15) is 9.59 Å². The first-order chi connectivity index (χ1) is 17.3. The zero-order valence-electron chi connectivity index (χ0n) is 21.4. The fourth-order valence-corrected chi connectivity index (χ4v) is 4.58. The Balaban J connectivity index is 1.72.